The highest BCUT2D eigenvalue weighted by atomic mass is 32.2. The number of unbranched alkanes of at least 4 members (excludes halogenated alkanes) is 1. The first-order chi connectivity index (χ1) is 12.8. The molecule has 1 aliphatic rings. The first-order valence-corrected chi connectivity index (χ1v) is 11.5. The Morgan fingerprint density at radius 1 is 1.15 bits per heavy atom. The van der Waals surface area contributed by atoms with Crippen LogP contribution in [0.15, 0.2) is 24.3 Å². The lowest BCUT2D eigenvalue weighted by Gasteiger charge is -2.29. The zero-order valence-electron chi connectivity index (χ0n) is 17.3. The molecule has 1 atom stereocenters. The number of rotatable bonds is 7. The van der Waals surface area contributed by atoms with Gasteiger partial charge >= 0.3 is 6.09 Å². The third-order valence-electron chi connectivity index (χ3n) is 5.16. The summed E-state index contributed by atoms with van der Waals surface area (Å²) >= 11 is 0. The molecule has 5 heteroatoms. The van der Waals surface area contributed by atoms with E-state index in [2.05, 4.69) is 24.4 Å². The summed E-state index contributed by atoms with van der Waals surface area (Å²) in [6, 6.07) is 7.99. The van der Waals surface area contributed by atoms with Gasteiger partial charge in [-0.1, -0.05) is 25.5 Å². The van der Waals surface area contributed by atoms with Crippen LogP contribution in [0.5, 0.6) is 0 Å². The van der Waals surface area contributed by atoms with E-state index in [-0.39, 0.29) is 16.9 Å². The van der Waals surface area contributed by atoms with E-state index in [1.165, 1.54) is 18.4 Å². The van der Waals surface area contributed by atoms with Crippen molar-refractivity contribution in [2.24, 2.45) is 5.92 Å². The second-order valence-electron chi connectivity index (χ2n) is 8.60. The van der Waals surface area contributed by atoms with Crippen LogP contribution in [0, 0.1) is 5.92 Å². The van der Waals surface area contributed by atoms with E-state index in [0.717, 1.165) is 43.5 Å². The summed E-state index contributed by atoms with van der Waals surface area (Å²) in [6.07, 6.45) is 6.69. The highest BCUT2D eigenvalue weighted by Crippen LogP contribution is 2.29. The van der Waals surface area contributed by atoms with Gasteiger partial charge in [0.25, 0.3) is 0 Å². The van der Waals surface area contributed by atoms with Crippen molar-refractivity contribution >= 4 is 22.6 Å². The van der Waals surface area contributed by atoms with Gasteiger partial charge in [-0.3, -0.25) is 9.53 Å². The molecule has 1 fully saturated rings. The maximum atomic E-state index is 12.3. The molecule has 0 spiro atoms. The fourth-order valence-corrected chi connectivity index (χ4v) is 4.58. The van der Waals surface area contributed by atoms with Crippen LogP contribution in [0.3, 0.4) is 0 Å². The molecule has 0 saturated heterocycles. The Kier molecular flexibility index (Phi) is 8.33. The number of hydrogen-bond acceptors (Lipinski definition) is 3. The van der Waals surface area contributed by atoms with E-state index < -0.39 is 10.8 Å². The molecule has 1 saturated carbocycles. The van der Waals surface area contributed by atoms with Crippen LogP contribution >= 0.6 is 0 Å². The predicted molar refractivity (Wildman–Crippen MR) is 114 cm³/mol. The van der Waals surface area contributed by atoms with Gasteiger partial charge in [-0.25, -0.2) is 4.79 Å². The van der Waals surface area contributed by atoms with Crippen LogP contribution in [0.25, 0.3) is 0 Å². The van der Waals surface area contributed by atoms with Gasteiger partial charge in [0.05, 0.1) is 0 Å². The molecule has 1 unspecified atom stereocenters. The molecule has 0 aromatic heterocycles. The molecule has 0 bridgehead atoms. The minimum atomic E-state index is -0.808. The molecular weight excluding hydrogens is 358 g/mol. The number of nitrogens with one attached hydrogen (secondary N) is 1. The quantitative estimate of drug-likeness (QED) is 0.648. The third kappa shape index (κ3) is 7.65. The number of aryl methyl sites for hydroxylation is 1. The largest absolute Gasteiger partial charge is 0.446 e. The van der Waals surface area contributed by atoms with E-state index in [4.69, 9.17) is 4.74 Å². The van der Waals surface area contributed by atoms with Gasteiger partial charge in [-0.05, 0) is 82.9 Å². The number of carbonyl (C=O) groups excluding carboxylic acids is 1. The molecule has 1 N–H and O–H groups in total. The van der Waals surface area contributed by atoms with E-state index in [0.29, 0.717) is 5.92 Å². The maximum Gasteiger partial charge on any atom is 0.411 e. The molecule has 4 nitrogen and oxygen atoms in total. The second-order valence-corrected chi connectivity index (χ2v) is 10.8. The highest BCUT2D eigenvalue weighted by Gasteiger charge is 2.28. The smallest absolute Gasteiger partial charge is 0.411 e. The average molecular weight is 394 g/mol. The Morgan fingerprint density at radius 2 is 1.78 bits per heavy atom. The molecule has 1 amide bonds. The van der Waals surface area contributed by atoms with Gasteiger partial charge in [0.2, 0.25) is 0 Å². The standard InChI is InChI=1S/C22H35NO3S/c1-5-6-7-17-8-12-19(13-9-17)23-21(24)26-20-14-10-18(11-15-20)16-27(25)22(2,3)4/h8-9,12-13,18,20H,5-7,10-11,14-16H2,1-4H3,(H,23,24). The number of ether oxygens (including phenoxy) is 1. The van der Waals surface area contributed by atoms with Crippen molar-refractivity contribution in [2.75, 3.05) is 11.1 Å². The van der Waals surface area contributed by atoms with Crippen molar-refractivity contribution in [3.63, 3.8) is 0 Å². The van der Waals surface area contributed by atoms with Crippen molar-refractivity contribution in [1.29, 1.82) is 0 Å². The zero-order valence-corrected chi connectivity index (χ0v) is 18.1. The Morgan fingerprint density at radius 3 is 2.33 bits per heavy atom. The normalized spacial score (nSPS) is 21.5. The summed E-state index contributed by atoms with van der Waals surface area (Å²) in [5, 5.41) is 2.83. The van der Waals surface area contributed by atoms with E-state index in [1.54, 1.807) is 0 Å². The number of amides is 1. The van der Waals surface area contributed by atoms with E-state index in [9.17, 15) is 9.00 Å². The van der Waals surface area contributed by atoms with Gasteiger partial charge in [0.1, 0.15) is 6.10 Å². The summed E-state index contributed by atoms with van der Waals surface area (Å²) in [6.45, 7) is 8.26. The molecule has 1 aromatic carbocycles. The lowest BCUT2D eigenvalue weighted by atomic mass is 9.89. The molecule has 0 heterocycles. The second kappa shape index (κ2) is 10.3. The lowest BCUT2D eigenvalue weighted by Crippen LogP contribution is -2.32. The van der Waals surface area contributed by atoms with Crippen molar-refractivity contribution < 1.29 is 13.7 Å². The topological polar surface area (TPSA) is 55.4 Å². The fourth-order valence-electron chi connectivity index (χ4n) is 3.31. The first-order valence-electron chi connectivity index (χ1n) is 10.2. The minimum absolute atomic E-state index is 0.0341. The molecule has 0 aliphatic heterocycles. The van der Waals surface area contributed by atoms with Crippen LogP contribution in [-0.4, -0.2) is 26.9 Å². The number of anilines is 1. The maximum absolute atomic E-state index is 12.3. The first kappa shape index (κ1) is 21.9. The highest BCUT2D eigenvalue weighted by molar-refractivity contribution is 7.86. The molecule has 2 rings (SSSR count). The Hall–Kier alpha value is -1.36. The SMILES string of the molecule is CCCCc1ccc(NC(=O)OC2CCC(CS(=O)C(C)(C)C)CC2)cc1. The van der Waals surface area contributed by atoms with Gasteiger partial charge in [-0.15, -0.1) is 0 Å². The van der Waals surface area contributed by atoms with Gasteiger partial charge in [-0.2, -0.15) is 0 Å². The van der Waals surface area contributed by atoms with Crippen LogP contribution in [0.2, 0.25) is 0 Å². The van der Waals surface area contributed by atoms with Crippen molar-refractivity contribution in [1.82, 2.24) is 0 Å². The molecule has 1 aliphatic carbocycles. The third-order valence-corrected chi connectivity index (χ3v) is 7.30. The van der Waals surface area contributed by atoms with Crippen LogP contribution in [-0.2, 0) is 22.0 Å². The van der Waals surface area contributed by atoms with Crippen LogP contribution < -0.4 is 5.32 Å². The number of carbonyl (C=O) groups is 1. The number of hydrogen-bond donors (Lipinski definition) is 1. The van der Waals surface area contributed by atoms with Crippen LogP contribution in [0.4, 0.5) is 10.5 Å². The molecule has 0 radical (unpaired) electrons. The summed E-state index contributed by atoms with van der Waals surface area (Å²) < 4.78 is 17.7. The molecule has 152 valence electrons. The zero-order chi connectivity index (χ0) is 19.9. The number of benzene rings is 1. The van der Waals surface area contributed by atoms with Crippen molar-refractivity contribution in [2.45, 2.75) is 83.5 Å². The fraction of sp³-hybridized carbons (Fsp3) is 0.682. The summed E-state index contributed by atoms with van der Waals surface area (Å²) in [5.41, 5.74) is 2.07. The van der Waals surface area contributed by atoms with Crippen LogP contribution in [0.1, 0.15) is 71.8 Å². The van der Waals surface area contributed by atoms with Crippen molar-refractivity contribution in [3.05, 3.63) is 29.8 Å². The summed E-state index contributed by atoms with van der Waals surface area (Å²) in [5.74, 6) is 1.23. The van der Waals surface area contributed by atoms with Gasteiger partial charge in [0, 0.05) is 27.0 Å². The monoisotopic (exact) mass is 393 g/mol. The Bertz CT molecular complexity index is 613. The minimum Gasteiger partial charge on any atom is -0.446 e. The Labute approximate surface area is 166 Å². The van der Waals surface area contributed by atoms with Gasteiger partial charge in [0.15, 0.2) is 0 Å². The molecule has 27 heavy (non-hydrogen) atoms. The van der Waals surface area contributed by atoms with E-state index >= 15 is 0 Å². The van der Waals surface area contributed by atoms with E-state index in [1.807, 2.05) is 32.9 Å². The average Bonchev–Trinajstić information content (AvgIpc) is 2.62. The Balaban J connectivity index is 1.72. The predicted octanol–water partition coefficient (Wildman–Crippen LogP) is 5.68. The van der Waals surface area contributed by atoms with Crippen molar-refractivity contribution in [3.8, 4) is 0 Å². The molecular formula is C22H35NO3S. The van der Waals surface area contributed by atoms with Gasteiger partial charge < -0.3 is 4.74 Å². The summed E-state index contributed by atoms with van der Waals surface area (Å²) in [7, 11) is -0.808. The molecule has 1 aromatic rings. The summed E-state index contributed by atoms with van der Waals surface area (Å²) in [4.78, 5) is 12.1. The lowest BCUT2D eigenvalue weighted by molar-refractivity contribution is 0.0769.